The third-order valence-electron chi connectivity index (χ3n) is 4.22. The number of rotatable bonds is 5. The number of carboxylic acids is 1. The van der Waals surface area contributed by atoms with Crippen LogP contribution in [0.2, 0.25) is 0 Å². The third kappa shape index (κ3) is 3.91. The maximum atomic E-state index is 12.5. The fraction of sp³-hybridized carbons (Fsp3) is 0.263. The standard InChI is InChI=1S/C19H18BrNO6/c1-25-14-5-3-4-11(18(14)26-2)17-12-8-10(20)6-7-13(12)21-19(24)15(27-17)9-16(22)23/h3-8,15,17H,9H2,1-2H3,(H,21,24)(H,22,23)/t15-,17-/m1/s1. The highest BCUT2D eigenvalue weighted by molar-refractivity contribution is 9.10. The topological polar surface area (TPSA) is 94.1 Å². The van der Waals surface area contributed by atoms with Gasteiger partial charge in [0.25, 0.3) is 5.91 Å². The van der Waals surface area contributed by atoms with Crippen LogP contribution in [-0.4, -0.2) is 37.3 Å². The maximum Gasteiger partial charge on any atom is 0.306 e. The van der Waals surface area contributed by atoms with Crippen LogP contribution in [0.15, 0.2) is 40.9 Å². The lowest BCUT2D eigenvalue weighted by molar-refractivity contribution is -0.146. The molecule has 1 heterocycles. The largest absolute Gasteiger partial charge is 0.493 e. The predicted molar refractivity (Wildman–Crippen MR) is 101 cm³/mol. The number of methoxy groups -OCH3 is 2. The molecular weight excluding hydrogens is 418 g/mol. The summed E-state index contributed by atoms with van der Waals surface area (Å²) in [6, 6.07) is 10.7. The smallest absolute Gasteiger partial charge is 0.306 e. The maximum absolute atomic E-state index is 12.5. The van der Waals surface area contributed by atoms with Crippen LogP contribution in [0, 0.1) is 0 Å². The number of hydrogen-bond donors (Lipinski definition) is 2. The number of fused-ring (bicyclic) bond motifs is 1. The monoisotopic (exact) mass is 435 g/mol. The molecule has 1 aliphatic heterocycles. The van der Waals surface area contributed by atoms with Crippen LogP contribution in [0.5, 0.6) is 11.5 Å². The summed E-state index contributed by atoms with van der Waals surface area (Å²) in [6.45, 7) is 0. The first-order valence-corrected chi connectivity index (χ1v) is 8.92. The molecule has 0 bridgehead atoms. The van der Waals surface area contributed by atoms with Gasteiger partial charge in [0.05, 0.1) is 20.6 Å². The van der Waals surface area contributed by atoms with E-state index in [1.807, 2.05) is 6.07 Å². The second-order valence-corrected chi connectivity index (χ2v) is 6.82. The van der Waals surface area contributed by atoms with Crippen molar-refractivity contribution in [1.82, 2.24) is 0 Å². The molecule has 3 rings (SSSR count). The lowest BCUT2D eigenvalue weighted by Crippen LogP contribution is -2.31. The summed E-state index contributed by atoms with van der Waals surface area (Å²) in [5.74, 6) is -0.670. The van der Waals surface area contributed by atoms with Crippen LogP contribution in [-0.2, 0) is 14.3 Å². The fourth-order valence-corrected chi connectivity index (χ4v) is 3.41. The lowest BCUT2D eigenvalue weighted by Gasteiger charge is -2.23. The molecule has 2 atom stereocenters. The van der Waals surface area contributed by atoms with Crippen molar-refractivity contribution in [2.75, 3.05) is 19.5 Å². The molecule has 0 fully saturated rings. The van der Waals surface area contributed by atoms with E-state index in [1.54, 1.807) is 30.3 Å². The average Bonchev–Trinajstić information content (AvgIpc) is 2.77. The van der Waals surface area contributed by atoms with E-state index in [0.717, 1.165) is 4.47 Å². The number of halogens is 1. The van der Waals surface area contributed by atoms with E-state index in [0.29, 0.717) is 28.3 Å². The van der Waals surface area contributed by atoms with E-state index in [-0.39, 0.29) is 0 Å². The molecule has 0 spiro atoms. The van der Waals surface area contributed by atoms with Crippen LogP contribution in [0.4, 0.5) is 5.69 Å². The van der Waals surface area contributed by atoms with Crippen LogP contribution < -0.4 is 14.8 Å². The molecule has 1 amide bonds. The van der Waals surface area contributed by atoms with Crippen molar-refractivity contribution in [3.05, 3.63) is 52.0 Å². The molecule has 2 aromatic carbocycles. The van der Waals surface area contributed by atoms with E-state index in [2.05, 4.69) is 21.2 Å². The van der Waals surface area contributed by atoms with E-state index in [9.17, 15) is 9.59 Å². The summed E-state index contributed by atoms with van der Waals surface area (Å²) in [6.07, 6.45) is -2.34. The molecule has 0 unspecified atom stereocenters. The Labute approximate surface area is 164 Å². The minimum Gasteiger partial charge on any atom is -0.493 e. The van der Waals surface area contributed by atoms with Gasteiger partial charge in [-0.15, -0.1) is 0 Å². The normalized spacial score (nSPS) is 18.9. The molecule has 0 aliphatic carbocycles. The highest BCUT2D eigenvalue weighted by atomic mass is 79.9. The van der Waals surface area contributed by atoms with Gasteiger partial charge in [-0.25, -0.2) is 0 Å². The first-order chi connectivity index (χ1) is 12.9. The van der Waals surface area contributed by atoms with Gasteiger partial charge < -0.3 is 24.6 Å². The number of ether oxygens (including phenoxy) is 3. The summed E-state index contributed by atoms with van der Waals surface area (Å²) in [4.78, 5) is 23.7. The third-order valence-corrected chi connectivity index (χ3v) is 4.72. The number of carbonyl (C=O) groups excluding carboxylic acids is 1. The van der Waals surface area contributed by atoms with Crippen molar-refractivity contribution in [2.45, 2.75) is 18.6 Å². The van der Waals surface area contributed by atoms with Gasteiger partial charge in [-0.1, -0.05) is 28.1 Å². The summed E-state index contributed by atoms with van der Waals surface area (Å²) in [5, 5.41) is 11.9. The van der Waals surface area contributed by atoms with Crippen LogP contribution in [0.3, 0.4) is 0 Å². The Bertz CT molecular complexity index is 884. The lowest BCUT2D eigenvalue weighted by atomic mass is 9.98. The highest BCUT2D eigenvalue weighted by Crippen LogP contribution is 2.43. The molecule has 2 aromatic rings. The molecule has 8 heteroatoms. The quantitative estimate of drug-likeness (QED) is 0.747. The Hall–Kier alpha value is -2.58. The molecule has 0 radical (unpaired) electrons. The zero-order valence-corrected chi connectivity index (χ0v) is 16.3. The molecule has 1 aliphatic rings. The van der Waals surface area contributed by atoms with Gasteiger partial charge >= 0.3 is 5.97 Å². The Morgan fingerprint density at radius 2 is 2.00 bits per heavy atom. The zero-order chi connectivity index (χ0) is 19.6. The number of para-hydroxylation sites is 1. The average molecular weight is 436 g/mol. The Kier molecular flexibility index (Phi) is 5.67. The molecule has 27 heavy (non-hydrogen) atoms. The van der Waals surface area contributed by atoms with Crippen molar-refractivity contribution >= 4 is 33.5 Å². The predicted octanol–water partition coefficient (Wildman–Crippen LogP) is 3.37. The SMILES string of the molecule is COc1cccc([C@H]2O[C@H](CC(=O)O)C(=O)Nc3ccc(Br)cc32)c1OC. The molecule has 142 valence electrons. The van der Waals surface area contributed by atoms with Gasteiger partial charge in [-0.2, -0.15) is 0 Å². The number of aliphatic carboxylic acids is 1. The second kappa shape index (κ2) is 7.98. The van der Waals surface area contributed by atoms with E-state index < -0.39 is 30.5 Å². The van der Waals surface area contributed by atoms with Crippen LogP contribution >= 0.6 is 15.9 Å². The number of benzene rings is 2. The number of carbonyl (C=O) groups is 2. The number of nitrogens with one attached hydrogen (secondary N) is 1. The van der Waals surface area contributed by atoms with Gasteiger partial charge in [-0.3, -0.25) is 9.59 Å². The van der Waals surface area contributed by atoms with Gasteiger partial charge in [0.15, 0.2) is 11.5 Å². The summed E-state index contributed by atoms with van der Waals surface area (Å²) in [7, 11) is 3.04. The second-order valence-electron chi connectivity index (χ2n) is 5.91. The van der Waals surface area contributed by atoms with Gasteiger partial charge in [-0.05, 0) is 24.3 Å². The zero-order valence-electron chi connectivity index (χ0n) is 14.7. The van der Waals surface area contributed by atoms with Crippen LogP contribution in [0.1, 0.15) is 23.7 Å². The van der Waals surface area contributed by atoms with Crippen molar-refractivity contribution in [3.8, 4) is 11.5 Å². The van der Waals surface area contributed by atoms with Crippen molar-refractivity contribution in [2.24, 2.45) is 0 Å². The van der Waals surface area contributed by atoms with Crippen molar-refractivity contribution in [3.63, 3.8) is 0 Å². The highest BCUT2D eigenvalue weighted by Gasteiger charge is 2.35. The first kappa shape index (κ1) is 19.2. The Morgan fingerprint density at radius 1 is 1.22 bits per heavy atom. The summed E-state index contributed by atoms with van der Waals surface area (Å²) in [5.41, 5.74) is 1.85. The summed E-state index contributed by atoms with van der Waals surface area (Å²) < 4.78 is 17.7. The van der Waals surface area contributed by atoms with E-state index in [4.69, 9.17) is 19.3 Å². The van der Waals surface area contributed by atoms with Gasteiger partial charge in [0.1, 0.15) is 12.2 Å². The molecular formula is C19H18BrNO6. The fourth-order valence-electron chi connectivity index (χ4n) is 3.04. The minimum atomic E-state index is -1.16. The van der Waals surface area contributed by atoms with E-state index >= 15 is 0 Å². The molecule has 0 saturated heterocycles. The number of carboxylic acid groups (broad SMARTS) is 1. The Morgan fingerprint density at radius 3 is 2.67 bits per heavy atom. The minimum absolute atomic E-state index is 0.455. The Balaban J connectivity index is 2.18. The number of anilines is 1. The molecule has 2 N–H and O–H groups in total. The van der Waals surface area contributed by atoms with Crippen molar-refractivity contribution in [1.29, 1.82) is 0 Å². The van der Waals surface area contributed by atoms with E-state index in [1.165, 1.54) is 14.2 Å². The molecule has 0 saturated carbocycles. The number of amides is 1. The molecule has 0 aromatic heterocycles. The molecule has 7 nitrogen and oxygen atoms in total. The first-order valence-electron chi connectivity index (χ1n) is 8.13. The number of hydrogen-bond acceptors (Lipinski definition) is 5. The van der Waals surface area contributed by atoms with Crippen molar-refractivity contribution < 1.29 is 28.9 Å². The van der Waals surface area contributed by atoms with Crippen LogP contribution in [0.25, 0.3) is 0 Å². The van der Waals surface area contributed by atoms with Gasteiger partial charge in [0, 0.05) is 21.3 Å². The van der Waals surface area contributed by atoms with Gasteiger partial charge in [0.2, 0.25) is 0 Å². The summed E-state index contributed by atoms with van der Waals surface area (Å²) >= 11 is 3.43.